The molecule has 1 heterocycles. The summed E-state index contributed by atoms with van der Waals surface area (Å²) in [5.74, 6) is 1.91. The van der Waals surface area contributed by atoms with Gasteiger partial charge in [-0.3, -0.25) is 4.90 Å². The minimum Gasteiger partial charge on any atom is -0.493 e. The predicted octanol–water partition coefficient (Wildman–Crippen LogP) is 3.48. The molecule has 0 saturated carbocycles. The van der Waals surface area contributed by atoms with E-state index in [9.17, 15) is 5.11 Å². The van der Waals surface area contributed by atoms with Gasteiger partial charge < -0.3 is 14.6 Å². The molecule has 2 aromatic rings. The van der Waals surface area contributed by atoms with Crippen molar-refractivity contribution in [3.63, 3.8) is 0 Å². The Morgan fingerprint density at radius 2 is 1.92 bits per heavy atom. The molecule has 1 saturated heterocycles. The van der Waals surface area contributed by atoms with E-state index in [1.807, 2.05) is 31.2 Å². The van der Waals surface area contributed by atoms with Gasteiger partial charge in [-0.1, -0.05) is 36.4 Å². The number of ether oxygens (including phenoxy) is 2. The normalized spacial score (nSPS) is 18.9. The highest BCUT2D eigenvalue weighted by Crippen LogP contribution is 2.30. The van der Waals surface area contributed by atoms with Gasteiger partial charge in [-0.15, -0.1) is 0 Å². The summed E-state index contributed by atoms with van der Waals surface area (Å²) in [6.45, 7) is 5.26. The van der Waals surface area contributed by atoms with E-state index in [1.165, 1.54) is 5.56 Å². The Kier molecular flexibility index (Phi) is 5.95. The van der Waals surface area contributed by atoms with Gasteiger partial charge in [0.15, 0.2) is 11.5 Å². The molecule has 2 atom stereocenters. The number of nitrogens with zero attached hydrogens (tertiary/aromatic N) is 1. The molecule has 2 unspecified atom stereocenters. The van der Waals surface area contributed by atoms with Crippen LogP contribution in [-0.2, 0) is 13.2 Å². The summed E-state index contributed by atoms with van der Waals surface area (Å²) >= 11 is 0. The number of aliphatic hydroxyl groups excluding tert-OH is 1. The molecule has 1 aliphatic heterocycles. The van der Waals surface area contributed by atoms with E-state index in [2.05, 4.69) is 29.2 Å². The van der Waals surface area contributed by atoms with Crippen molar-refractivity contribution in [3.8, 4) is 11.5 Å². The average Bonchev–Trinajstić information content (AvgIpc) is 3.10. The van der Waals surface area contributed by atoms with Gasteiger partial charge in [0.05, 0.1) is 13.2 Å². The maximum Gasteiger partial charge on any atom is 0.161 e. The molecular formula is C21H27NO3. The van der Waals surface area contributed by atoms with Gasteiger partial charge in [-0.05, 0) is 49.1 Å². The van der Waals surface area contributed by atoms with E-state index in [0.717, 1.165) is 43.1 Å². The maximum absolute atomic E-state index is 9.76. The Bertz CT molecular complexity index is 672. The number of rotatable bonds is 7. The first-order valence-electron chi connectivity index (χ1n) is 8.90. The standard InChI is InChI=1S/C21H27NO3/c1-16(23)19-10-11-22(14-19)13-18-8-9-20(24-2)21(12-18)25-15-17-6-4-3-5-7-17/h3-9,12,16,19,23H,10-11,13-15H2,1-2H3. The fraction of sp³-hybridized carbons (Fsp3) is 0.429. The van der Waals surface area contributed by atoms with Crippen LogP contribution in [0.2, 0.25) is 0 Å². The number of aliphatic hydroxyl groups is 1. The van der Waals surface area contributed by atoms with E-state index < -0.39 is 0 Å². The minimum atomic E-state index is -0.231. The fourth-order valence-electron chi connectivity index (χ4n) is 3.33. The van der Waals surface area contributed by atoms with Crippen molar-refractivity contribution in [2.75, 3.05) is 20.2 Å². The summed E-state index contributed by atoms with van der Waals surface area (Å²) in [4.78, 5) is 2.39. The van der Waals surface area contributed by atoms with Gasteiger partial charge in [0.2, 0.25) is 0 Å². The summed E-state index contributed by atoms with van der Waals surface area (Å²) in [6, 6.07) is 16.3. The molecule has 3 rings (SSSR count). The van der Waals surface area contributed by atoms with Crippen molar-refractivity contribution >= 4 is 0 Å². The molecule has 4 heteroatoms. The van der Waals surface area contributed by atoms with Crippen LogP contribution >= 0.6 is 0 Å². The lowest BCUT2D eigenvalue weighted by molar-refractivity contribution is 0.127. The van der Waals surface area contributed by atoms with Gasteiger partial charge >= 0.3 is 0 Å². The molecule has 25 heavy (non-hydrogen) atoms. The third kappa shape index (κ3) is 4.74. The van der Waals surface area contributed by atoms with Crippen molar-refractivity contribution in [2.24, 2.45) is 5.92 Å². The summed E-state index contributed by atoms with van der Waals surface area (Å²) in [7, 11) is 1.66. The number of likely N-dealkylation sites (tertiary alicyclic amines) is 1. The van der Waals surface area contributed by atoms with E-state index in [4.69, 9.17) is 9.47 Å². The second-order valence-corrected chi connectivity index (χ2v) is 6.78. The van der Waals surface area contributed by atoms with Crippen molar-refractivity contribution in [2.45, 2.75) is 32.6 Å². The number of methoxy groups -OCH3 is 1. The molecule has 2 aromatic carbocycles. The van der Waals surface area contributed by atoms with Crippen LogP contribution < -0.4 is 9.47 Å². The third-order valence-corrected chi connectivity index (χ3v) is 4.86. The third-order valence-electron chi connectivity index (χ3n) is 4.86. The smallest absolute Gasteiger partial charge is 0.161 e. The Morgan fingerprint density at radius 3 is 2.60 bits per heavy atom. The second kappa shape index (κ2) is 8.37. The summed E-state index contributed by atoms with van der Waals surface area (Å²) in [6.07, 6.45) is 0.830. The zero-order valence-corrected chi connectivity index (χ0v) is 15.0. The van der Waals surface area contributed by atoms with Gasteiger partial charge in [0, 0.05) is 13.1 Å². The predicted molar refractivity (Wildman–Crippen MR) is 98.8 cm³/mol. The lowest BCUT2D eigenvalue weighted by Crippen LogP contribution is -2.23. The molecule has 1 N–H and O–H groups in total. The molecule has 134 valence electrons. The highest BCUT2D eigenvalue weighted by Gasteiger charge is 2.25. The highest BCUT2D eigenvalue weighted by atomic mass is 16.5. The molecular weight excluding hydrogens is 314 g/mol. The lowest BCUT2D eigenvalue weighted by Gasteiger charge is -2.18. The quantitative estimate of drug-likeness (QED) is 0.837. The van der Waals surface area contributed by atoms with Crippen LogP contribution in [-0.4, -0.2) is 36.3 Å². The van der Waals surface area contributed by atoms with Gasteiger partial charge in [-0.25, -0.2) is 0 Å². The zero-order valence-electron chi connectivity index (χ0n) is 15.0. The largest absolute Gasteiger partial charge is 0.493 e. The first kappa shape index (κ1) is 17.8. The summed E-state index contributed by atoms with van der Waals surface area (Å²) < 4.78 is 11.4. The fourth-order valence-corrected chi connectivity index (χ4v) is 3.33. The van der Waals surface area contributed by atoms with E-state index in [-0.39, 0.29) is 6.10 Å². The molecule has 0 bridgehead atoms. The average molecular weight is 341 g/mol. The van der Waals surface area contributed by atoms with E-state index in [0.29, 0.717) is 12.5 Å². The van der Waals surface area contributed by atoms with Crippen molar-refractivity contribution in [3.05, 3.63) is 59.7 Å². The monoisotopic (exact) mass is 341 g/mol. The molecule has 0 radical (unpaired) electrons. The number of hydrogen-bond donors (Lipinski definition) is 1. The lowest BCUT2D eigenvalue weighted by atomic mass is 10.0. The van der Waals surface area contributed by atoms with Crippen molar-refractivity contribution < 1.29 is 14.6 Å². The molecule has 4 nitrogen and oxygen atoms in total. The van der Waals surface area contributed by atoms with Crippen LogP contribution in [0.15, 0.2) is 48.5 Å². The molecule has 1 aliphatic rings. The van der Waals surface area contributed by atoms with Crippen molar-refractivity contribution in [1.29, 1.82) is 0 Å². The molecule has 0 aromatic heterocycles. The van der Waals surface area contributed by atoms with Gasteiger partial charge in [0.1, 0.15) is 6.61 Å². The molecule has 0 aliphatic carbocycles. The summed E-state index contributed by atoms with van der Waals surface area (Å²) in [5, 5.41) is 9.76. The Morgan fingerprint density at radius 1 is 1.12 bits per heavy atom. The topological polar surface area (TPSA) is 41.9 Å². The van der Waals surface area contributed by atoms with Crippen LogP contribution in [0, 0.1) is 5.92 Å². The molecule has 1 fully saturated rings. The first-order valence-corrected chi connectivity index (χ1v) is 8.90. The zero-order chi connectivity index (χ0) is 17.6. The van der Waals surface area contributed by atoms with E-state index in [1.54, 1.807) is 7.11 Å². The van der Waals surface area contributed by atoms with Gasteiger partial charge in [0.25, 0.3) is 0 Å². The van der Waals surface area contributed by atoms with Crippen LogP contribution in [0.5, 0.6) is 11.5 Å². The Labute approximate surface area is 150 Å². The molecule has 0 spiro atoms. The summed E-state index contributed by atoms with van der Waals surface area (Å²) in [5.41, 5.74) is 2.34. The van der Waals surface area contributed by atoms with Crippen LogP contribution in [0.25, 0.3) is 0 Å². The Hall–Kier alpha value is -2.04. The van der Waals surface area contributed by atoms with Crippen LogP contribution in [0.3, 0.4) is 0 Å². The number of benzene rings is 2. The maximum atomic E-state index is 9.76. The minimum absolute atomic E-state index is 0.231. The number of hydrogen-bond acceptors (Lipinski definition) is 4. The first-order chi connectivity index (χ1) is 12.2. The SMILES string of the molecule is COc1ccc(CN2CCC(C(C)O)C2)cc1OCc1ccccc1. The van der Waals surface area contributed by atoms with Crippen LogP contribution in [0.1, 0.15) is 24.5 Å². The molecule has 0 amide bonds. The second-order valence-electron chi connectivity index (χ2n) is 6.78. The van der Waals surface area contributed by atoms with E-state index >= 15 is 0 Å². The van der Waals surface area contributed by atoms with Crippen molar-refractivity contribution in [1.82, 2.24) is 4.90 Å². The van der Waals surface area contributed by atoms with Crippen LogP contribution in [0.4, 0.5) is 0 Å². The highest BCUT2D eigenvalue weighted by molar-refractivity contribution is 5.43. The Balaban J connectivity index is 1.65. The van der Waals surface area contributed by atoms with Gasteiger partial charge in [-0.2, -0.15) is 0 Å².